The number of hydrogen-bond acceptors (Lipinski definition) is 4. The summed E-state index contributed by atoms with van der Waals surface area (Å²) in [6.45, 7) is 0.905. The van der Waals surface area contributed by atoms with Crippen LogP contribution in [0.15, 0.2) is 53.9 Å². The Morgan fingerprint density at radius 1 is 1.24 bits per heavy atom. The van der Waals surface area contributed by atoms with E-state index in [9.17, 15) is 13.5 Å². The highest BCUT2D eigenvalue weighted by Crippen LogP contribution is 2.29. The van der Waals surface area contributed by atoms with Crippen LogP contribution < -0.4 is 9.62 Å². The molecule has 1 atom stereocenters. The van der Waals surface area contributed by atoms with Gasteiger partial charge in [0.25, 0.3) is 0 Å². The Hall–Kier alpha value is -2.15. The molecule has 0 spiro atoms. The average molecular weight is 358 g/mol. The van der Waals surface area contributed by atoms with Crippen LogP contribution in [0.3, 0.4) is 0 Å². The van der Waals surface area contributed by atoms with Gasteiger partial charge in [-0.25, -0.2) is 13.1 Å². The highest BCUT2D eigenvalue weighted by atomic mass is 32.2. The van der Waals surface area contributed by atoms with E-state index in [4.69, 9.17) is 0 Å². The molecular formula is C19H22N2O3S. The van der Waals surface area contributed by atoms with E-state index in [0.29, 0.717) is 0 Å². The minimum Gasteiger partial charge on any atom is -0.387 e. The highest BCUT2D eigenvalue weighted by molar-refractivity contribution is 7.92. The van der Waals surface area contributed by atoms with Crippen molar-refractivity contribution in [3.8, 4) is 0 Å². The van der Waals surface area contributed by atoms with Crippen molar-refractivity contribution < 1.29 is 13.5 Å². The lowest BCUT2D eigenvalue weighted by molar-refractivity contribution is 0.182. The Morgan fingerprint density at radius 2 is 2.00 bits per heavy atom. The second-order valence-electron chi connectivity index (χ2n) is 6.18. The van der Waals surface area contributed by atoms with Crippen LogP contribution in [0.25, 0.3) is 6.08 Å². The molecule has 5 nitrogen and oxygen atoms in total. The van der Waals surface area contributed by atoms with E-state index in [2.05, 4.69) is 9.62 Å². The molecule has 2 aromatic rings. The average Bonchev–Trinajstić information content (AvgIpc) is 2.99. The van der Waals surface area contributed by atoms with Crippen LogP contribution in [-0.4, -0.2) is 33.7 Å². The summed E-state index contributed by atoms with van der Waals surface area (Å²) >= 11 is 0. The summed E-state index contributed by atoms with van der Waals surface area (Å²) in [4.78, 5) is 2.17. The van der Waals surface area contributed by atoms with Crippen LogP contribution in [-0.2, 0) is 16.4 Å². The summed E-state index contributed by atoms with van der Waals surface area (Å²) in [6, 6.07) is 15.0. The number of fused-ring (bicyclic) bond motifs is 1. The second kappa shape index (κ2) is 7.39. The molecule has 0 saturated carbocycles. The molecule has 6 heteroatoms. The first-order chi connectivity index (χ1) is 11.9. The van der Waals surface area contributed by atoms with Gasteiger partial charge in [-0.15, -0.1) is 0 Å². The minimum atomic E-state index is -3.60. The molecule has 0 unspecified atom stereocenters. The highest BCUT2D eigenvalue weighted by Gasteiger charge is 2.18. The molecule has 0 amide bonds. The number of aliphatic hydroxyl groups excluding tert-OH is 1. The molecule has 0 fully saturated rings. The minimum absolute atomic E-state index is 0.0594. The lowest BCUT2D eigenvalue weighted by Crippen LogP contribution is -2.26. The summed E-state index contributed by atoms with van der Waals surface area (Å²) in [5, 5.41) is 11.4. The Labute approximate surface area is 148 Å². The van der Waals surface area contributed by atoms with Crippen LogP contribution in [0, 0.1) is 0 Å². The van der Waals surface area contributed by atoms with Crippen molar-refractivity contribution in [2.75, 3.05) is 25.0 Å². The third-order valence-electron chi connectivity index (χ3n) is 4.33. The maximum atomic E-state index is 12.1. The lowest BCUT2D eigenvalue weighted by Gasteiger charge is -2.15. The first kappa shape index (κ1) is 17.7. The first-order valence-electron chi connectivity index (χ1n) is 8.19. The molecule has 25 heavy (non-hydrogen) atoms. The molecule has 0 aliphatic carbocycles. The standard InChI is InChI=1S/C19H22N2O3S/c1-21-11-9-16-13-17(7-8-18(16)21)19(22)14-20-25(23,24)12-10-15-5-3-2-4-6-15/h2-8,10,12-13,19-20,22H,9,11,14H2,1H3/b12-10+/t19-/m1/s1. The molecule has 0 saturated heterocycles. The lowest BCUT2D eigenvalue weighted by atomic mass is 10.0. The maximum absolute atomic E-state index is 12.1. The van der Waals surface area contributed by atoms with E-state index < -0.39 is 16.1 Å². The maximum Gasteiger partial charge on any atom is 0.233 e. The van der Waals surface area contributed by atoms with E-state index >= 15 is 0 Å². The predicted molar refractivity (Wildman–Crippen MR) is 101 cm³/mol. The molecule has 2 N–H and O–H groups in total. The first-order valence-corrected chi connectivity index (χ1v) is 9.74. The molecule has 132 valence electrons. The van der Waals surface area contributed by atoms with Gasteiger partial charge >= 0.3 is 0 Å². The summed E-state index contributed by atoms with van der Waals surface area (Å²) < 4.78 is 26.5. The van der Waals surface area contributed by atoms with E-state index in [0.717, 1.165) is 29.5 Å². The fourth-order valence-corrected chi connectivity index (χ4v) is 3.71. The van der Waals surface area contributed by atoms with Gasteiger partial charge in [-0.2, -0.15) is 0 Å². The van der Waals surface area contributed by atoms with E-state index in [1.807, 2.05) is 55.6 Å². The summed E-state index contributed by atoms with van der Waals surface area (Å²) in [6.07, 6.45) is 1.59. The van der Waals surface area contributed by atoms with E-state index in [-0.39, 0.29) is 6.54 Å². The number of sulfonamides is 1. The monoisotopic (exact) mass is 358 g/mol. The number of anilines is 1. The van der Waals surface area contributed by atoms with Gasteiger partial charge in [-0.1, -0.05) is 42.5 Å². The summed E-state index contributed by atoms with van der Waals surface area (Å²) in [5.74, 6) is 0. The number of likely N-dealkylation sites (N-methyl/N-ethyl adjacent to an activating group) is 1. The zero-order valence-corrected chi connectivity index (χ0v) is 14.9. The fraction of sp³-hybridized carbons (Fsp3) is 0.263. The van der Waals surface area contributed by atoms with Gasteiger partial charge < -0.3 is 10.0 Å². The number of hydrogen-bond donors (Lipinski definition) is 2. The van der Waals surface area contributed by atoms with Crippen molar-refractivity contribution in [1.82, 2.24) is 4.72 Å². The van der Waals surface area contributed by atoms with Crippen LogP contribution in [0.1, 0.15) is 22.8 Å². The van der Waals surface area contributed by atoms with Crippen LogP contribution >= 0.6 is 0 Å². The van der Waals surface area contributed by atoms with Crippen molar-refractivity contribution in [2.24, 2.45) is 0 Å². The van der Waals surface area contributed by atoms with Gasteiger partial charge in [0.15, 0.2) is 0 Å². The third-order valence-corrected chi connectivity index (χ3v) is 5.40. The Bertz CT molecular complexity index is 863. The van der Waals surface area contributed by atoms with Gasteiger partial charge in [0.2, 0.25) is 10.0 Å². The molecule has 0 aromatic heterocycles. The van der Waals surface area contributed by atoms with Crippen molar-refractivity contribution in [3.63, 3.8) is 0 Å². The number of rotatable bonds is 6. The number of nitrogens with one attached hydrogen (secondary N) is 1. The smallest absolute Gasteiger partial charge is 0.233 e. The van der Waals surface area contributed by atoms with Crippen LogP contribution in [0.2, 0.25) is 0 Å². The molecule has 0 radical (unpaired) electrons. The SMILES string of the molecule is CN1CCc2cc([C@H](O)CNS(=O)(=O)/C=C/c3ccccc3)ccc21. The third kappa shape index (κ3) is 4.48. The predicted octanol–water partition coefficient (Wildman–Crippen LogP) is 2.30. The van der Waals surface area contributed by atoms with Crippen LogP contribution in [0.5, 0.6) is 0 Å². The Kier molecular flexibility index (Phi) is 5.22. The van der Waals surface area contributed by atoms with Gasteiger partial charge in [0.1, 0.15) is 0 Å². The summed E-state index contributed by atoms with van der Waals surface area (Å²) in [7, 11) is -1.57. The number of benzene rings is 2. The molecule has 1 aliphatic heterocycles. The van der Waals surface area contributed by atoms with Crippen LogP contribution in [0.4, 0.5) is 5.69 Å². The van der Waals surface area contributed by atoms with Gasteiger partial charge in [0, 0.05) is 31.2 Å². The summed E-state index contributed by atoms with van der Waals surface area (Å²) in [5.41, 5.74) is 3.88. The van der Waals surface area contributed by atoms with E-state index in [1.54, 1.807) is 0 Å². The normalized spacial score (nSPS) is 15.5. The second-order valence-corrected chi connectivity index (χ2v) is 7.83. The molecule has 2 aromatic carbocycles. The molecule has 1 heterocycles. The fourth-order valence-electron chi connectivity index (χ4n) is 2.89. The Balaban J connectivity index is 1.62. The number of nitrogens with zero attached hydrogens (tertiary/aromatic N) is 1. The van der Waals surface area contributed by atoms with Crippen molar-refractivity contribution in [3.05, 3.63) is 70.6 Å². The van der Waals surface area contributed by atoms with Gasteiger partial charge in [-0.3, -0.25) is 0 Å². The molecular weight excluding hydrogens is 336 g/mol. The Morgan fingerprint density at radius 3 is 2.76 bits per heavy atom. The number of aliphatic hydroxyl groups is 1. The van der Waals surface area contributed by atoms with Crippen molar-refractivity contribution >= 4 is 21.8 Å². The molecule has 3 rings (SSSR count). The zero-order valence-electron chi connectivity index (χ0n) is 14.1. The van der Waals surface area contributed by atoms with E-state index in [1.165, 1.54) is 17.3 Å². The van der Waals surface area contributed by atoms with Crippen molar-refractivity contribution in [2.45, 2.75) is 12.5 Å². The largest absolute Gasteiger partial charge is 0.387 e. The quantitative estimate of drug-likeness (QED) is 0.831. The van der Waals surface area contributed by atoms with Gasteiger partial charge in [0.05, 0.1) is 6.10 Å². The van der Waals surface area contributed by atoms with Crippen molar-refractivity contribution in [1.29, 1.82) is 0 Å². The topological polar surface area (TPSA) is 69.6 Å². The molecule has 0 bridgehead atoms. The van der Waals surface area contributed by atoms with Gasteiger partial charge in [-0.05, 0) is 35.3 Å². The molecule has 1 aliphatic rings. The zero-order chi connectivity index (χ0) is 17.9.